The highest BCUT2D eigenvalue weighted by atomic mass is 15.7. The van der Waals surface area contributed by atoms with Gasteiger partial charge < -0.3 is 11.5 Å². The number of hydrogen-bond donors (Lipinski definition) is 5. The molecule has 2 aromatic carbocycles. The summed E-state index contributed by atoms with van der Waals surface area (Å²) in [4.78, 5) is 0. The first-order valence-electron chi connectivity index (χ1n) is 8.96. The van der Waals surface area contributed by atoms with Crippen LogP contribution in [-0.4, -0.2) is 31.1 Å². The lowest BCUT2D eigenvalue weighted by atomic mass is 9.98. The maximum atomic E-state index is 8.22. The first kappa shape index (κ1) is 24.7. The third-order valence-corrected chi connectivity index (χ3v) is 3.53. The molecule has 2 aromatic rings. The van der Waals surface area contributed by atoms with Gasteiger partial charge in [0.25, 0.3) is 0 Å². The summed E-state index contributed by atoms with van der Waals surface area (Å²) >= 11 is 0. The van der Waals surface area contributed by atoms with E-state index in [-0.39, 0.29) is 0 Å². The molecule has 0 fully saturated rings. The van der Waals surface area contributed by atoms with Gasteiger partial charge in [0.15, 0.2) is 0 Å². The largest absolute Gasteiger partial charge is 0.333 e. The van der Waals surface area contributed by atoms with Crippen LogP contribution < -0.4 is 22.7 Å². The summed E-state index contributed by atoms with van der Waals surface area (Å²) in [6.45, 7) is 7.88. The Morgan fingerprint density at radius 2 is 1.52 bits per heavy atom. The van der Waals surface area contributed by atoms with Gasteiger partial charge in [-0.25, -0.2) is 5.43 Å². The minimum atomic E-state index is -0.596. The van der Waals surface area contributed by atoms with E-state index in [4.69, 9.17) is 17.0 Å². The molecule has 1 unspecified atom stereocenters. The molecule has 0 aromatic heterocycles. The molecule has 6 heteroatoms. The van der Waals surface area contributed by atoms with Crippen molar-refractivity contribution in [2.45, 2.75) is 26.4 Å². The van der Waals surface area contributed by atoms with Crippen molar-refractivity contribution in [2.24, 2.45) is 17.3 Å². The summed E-state index contributed by atoms with van der Waals surface area (Å²) in [5.41, 5.74) is 17.2. The van der Waals surface area contributed by atoms with E-state index in [2.05, 4.69) is 29.9 Å². The molecule has 0 spiro atoms. The van der Waals surface area contributed by atoms with Gasteiger partial charge in [-0.15, -0.1) is 0 Å². The lowest BCUT2D eigenvalue weighted by Gasteiger charge is -2.21. The normalized spacial score (nSPS) is 10.8. The molecule has 0 bridgehead atoms. The number of hydrazine groups is 2. The van der Waals surface area contributed by atoms with Gasteiger partial charge in [-0.2, -0.15) is 5.12 Å². The van der Waals surface area contributed by atoms with Crippen LogP contribution in [0.2, 0.25) is 0 Å². The molecule has 6 nitrogen and oxygen atoms in total. The average Bonchev–Trinajstić information content (AvgIpc) is 2.71. The molecule has 0 radical (unpaired) electrons. The molecule has 0 saturated heterocycles. The van der Waals surface area contributed by atoms with Crippen LogP contribution in [0.25, 0.3) is 0 Å². The van der Waals surface area contributed by atoms with E-state index >= 15 is 0 Å². The number of nitrogens with zero attached hydrogens (tertiary/aromatic N) is 1. The Kier molecular flexibility index (Phi) is 12.6. The van der Waals surface area contributed by atoms with Gasteiger partial charge in [0, 0.05) is 12.6 Å². The summed E-state index contributed by atoms with van der Waals surface area (Å²) in [5.74, 6) is 5.49. The third kappa shape index (κ3) is 8.72. The van der Waals surface area contributed by atoms with E-state index in [9.17, 15) is 0 Å². The maximum absolute atomic E-state index is 8.22. The fourth-order valence-electron chi connectivity index (χ4n) is 2.26. The number of rotatable bonds is 7. The number of nitrogens with two attached hydrogens (primary N) is 3. The lowest BCUT2D eigenvalue weighted by molar-refractivity contribution is 0.220. The van der Waals surface area contributed by atoms with Gasteiger partial charge in [0.2, 0.25) is 0 Å². The molecule has 0 aliphatic carbocycles. The molecule has 2 rings (SSSR count). The highest BCUT2D eigenvalue weighted by Crippen LogP contribution is 2.13. The zero-order valence-electron chi connectivity index (χ0n) is 16.9. The molecule has 0 saturated carbocycles. The molecule has 0 heterocycles. The SMILES string of the molecule is C=C(C(=N)c1ccc(Cc2ccccc2)cc1)C(N)NN(C)N.CC.CN. The lowest BCUT2D eigenvalue weighted by Crippen LogP contribution is -2.52. The van der Waals surface area contributed by atoms with Crippen molar-refractivity contribution in [3.05, 3.63) is 83.4 Å². The molecule has 1 atom stereocenters. The fourth-order valence-corrected chi connectivity index (χ4v) is 2.26. The highest BCUT2D eigenvalue weighted by molar-refractivity contribution is 6.10. The van der Waals surface area contributed by atoms with Crippen LogP contribution >= 0.6 is 0 Å². The second kappa shape index (κ2) is 13.8. The fraction of sp³-hybridized carbons (Fsp3) is 0.286. The second-order valence-electron chi connectivity index (χ2n) is 5.48. The predicted molar refractivity (Wildman–Crippen MR) is 116 cm³/mol. The van der Waals surface area contributed by atoms with E-state index in [0.29, 0.717) is 11.3 Å². The van der Waals surface area contributed by atoms with Gasteiger partial charge in [-0.05, 0) is 30.2 Å². The Labute approximate surface area is 163 Å². The molecule has 0 amide bonds. The third-order valence-electron chi connectivity index (χ3n) is 3.53. The minimum Gasteiger partial charge on any atom is -0.333 e. The molecule has 0 aliphatic heterocycles. The molecule has 27 heavy (non-hydrogen) atoms. The van der Waals surface area contributed by atoms with Crippen LogP contribution in [-0.2, 0) is 6.42 Å². The van der Waals surface area contributed by atoms with E-state index in [0.717, 1.165) is 12.0 Å². The Bertz CT molecular complexity index is 665. The van der Waals surface area contributed by atoms with Crippen LogP contribution in [0.15, 0.2) is 66.7 Å². The number of nitrogens with one attached hydrogen (secondary N) is 2. The van der Waals surface area contributed by atoms with Crippen molar-refractivity contribution < 1.29 is 0 Å². The molecule has 148 valence electrons. The molecular formula is C21H34N6. The number of hydrogen-bond acceptors (Lipinski definition) is 6. The molecule has 0 aliphatic rings. The topological polar surface area (TPSA) is 117 Å². The minimum absolute atomic E-state index is 0.304. The van der Waals surface area contributed by atoms with Crippen LogP contribution in [0.1, 0.15) is 30.5 Å². The second-order valence-corrected chi connectivity index (χ2v) is 5.48. The Morgan fingerprint density at radius 1 is 1.04 bits per heavy atom. The summed E-state index contributed by atoms with van der Waals surface area (Å²) < 4.78 is 0. The number of benzene rings is 2. The average molecular weight is 371 g/mol. The first-order chi connectivity index (χ1) is 13.0. The van der Waals surface area contributed by atoms with Gasteiger partial charge in [-0.1, -0.05) is 75.0 Å². The monoisotopic (exact) mass is 370 g/mol. The molecular weight excluding hydrogens is 336 g/mol. The standard InChI is InChI=1S/C18H23N5.C2H6.CH5N/c1-13(18(20)22-23(2)21)17(19)16-10-8-15(9-11-16)12-14-6-4-3-5-7-14;2*1-2/h3-11,18-19,22H,1,12,20-21H2,2H3;1-2H3;2H2,1H3. The zero-order chi connectivity index (χ0) is 20.8. The van der Waals surface area contributed by atoms with Crippen LogP contribution in [0.5, 0.6) is 0 Å². The van der Waals surface area contributed by atoms with Gasteiger partial charge >= 0.3 is 0 Å². The van der Waals surface area contributed by atoms with Crippen LogP contribution in [0, 0.1) is 5.41 Å². The summed E-state index contributed by atoms with van der Waals surface area (Å²) in [6, 6.07) is 18.2. The van der Waals surface area contributed by atoms with Gasteiger partial charge in [-0.3, -0.25) is 11.3 Å². The summed E-state index contributed by atoms with van der Waals surface area (Å²) in [6.07, 6.45) is 0.274. The van der Waals surface area contributed by atoms with Gasteiger partial charge in [0.05, 0.1) is 11.9 Å². The van der Waals surface area contributed by atoms with Crippen molar-refractivity contribution in [3.63, 3.8) is 0 Å². The van der Waals surface area contributed by atoms with E-state index in [1.54, 1.807) is 7.05 Å². The van der Waals surface area contributed by atoms with Gasteiger partial charge in [0.1, 0.15) is 0 Å². The Morgan fingerprint density at radius 3 is 2.00 bits per heavy atom. The van der Waals surface area contributed by atoms with E-state index in [1.165, 1.54) is 23.3 Å². The maximum Gasteiger partial charge on any atom is 0.0969 e. The molecule has 8 N–H and O–H groups in total. The Balaban J connectivity index is 0.00000158. The van der Waals surface area contributed by atoms with E-state index < -0.39 is 6.17 Å². The van der Waals surface area contributed by atoms with Crippen LogP contribution in [0.3, 0.4) is 0 Å². The predicted octanol–water partition coefficient (Wildman–Crippen LogP) is 2.40. The Hall–Kier alpha value is -2.35. The zero-order valence-corrected chi connectivity index (χ0v) is 16.9. The first-order valence-corrected chi connectivity index (χ1v) is 8.96. The van der Waals surface area contributed by atoms with E-state index in [1.807, 2.05) is 56.3 Å². The highest BCUT2D eigenvalue weighted by Gasteiger charge is 2.14. The van der Waals surface area contributed by atoms with Crippen molar-refractivity contribution in [1.29, 1.82) is 5.41 Å². The van der Waals surface area contributed by atoms with Crippen molar-refractivity contribution in [1.82, 2.24) is 10.5 Å². The van der Waals surface area contributed by atoms with Crippen LogP contribution in [0.4, 0.5) is 0 Å². The smallest absolute Gasteiger partial charge is 0.0969 e. The summed E-state index contributed by atoms with van der Waals surface area (Å²) in [7, 11) is 3.13. The van der Waals surface area contributed by atoms with Crippen molar-refractivity contribution in [3.8, 4) is 0 Å². The summed E-state index contributed by atoms with van der Waals surface area (Å²) in [5, 5.41) is 9.48. The van der Waals surface area contributed by atoms with Crippen molar-refractivity contribution >= 4 is 5.71 Å². The quantitative estimate of drug-likeness (QED) is 0.222. The van der Waals surface area contributed by atoms with Crippen molar-refractivity contribution in [2.75, 3.05) is 14.1 Å².